The van der Waals surface area contributed by atoms with Crippen LogP contribution in [-0.4, -0.2) is 12.5 Å². The van der Waals surface area contributed by atoms with E-state index in [-0.39, 0.29) is 5.91 Å². The van der Waals surface area contributed by atoms with Crippen molar-refractivity contribution in [2.24, 2.45) is 0 Å². The molecule has 3 nitrogen and oxygen atoms in total. The molecule has 0 aliphatic rings. The molecular weight excluding hydrogens is 334 g/mol. The number of anilines is 1. The van der Waals surface area contributed by atoms with Crippen molar-refractivity contribution in [3.05, 3.63) is 102 Å². The minimum Gasteiger partial charge on any atom is -0.494 e. The van der Waals surface area contributed by atoms with E-state index in [1.54, 1.807) is 11.0 Å². The van der Waals surface area contributed by atoms with Gasteiger partial charge < -0.3 is 9.64 Å². The molecule has 0 fully saturated rings. The topological polar surface area (TPSA) is 29.5 Å². The number of carbonyl (C=O) groups is 1. The molecule has 0 saturated heterocycles. The van der Waals surface area contributed by atoms with Gasteiger partial charge in [0.15, 0.2) is 0 Å². The minimum absolute atomic E-state index is 0.0565. The molecule has 1 amide bonds. The van der Waals surface area contributed by atoms with Gasteiger partial charge in [-0.2, -0.15) is 0 Å². The fraction of sp³-hybridized carbons (Fsp3) is 0.125. The first-order valence-electron chi connectivity index (χ1n) is 9.07. The standard InChI is InChI=1S/C24H23NO2/c1-2-27-23-16-13-20(14-17-23)15-18-24(26)25(22-11-7-4-8-12-22)19-21-9-5-3-6-10-21/h3-18H,2,19H2,1H3/b18-15+. The molecule has 3 rings (SSSR count). The van der Waals surface area contributed by atoms with E-state index < -0.39 is 0 Å². The van der Waals surface area contributed by atoms with Crippen molar-refractivity contribution in [1.29, 1.82) is 0 Å². The Morgan fingerprint density at radius 1 is 0.889 bits per heavy atom. The van der Waals surface area contributed by atoms with Gasteiger partial charge in [0.05, 0.1) is 13.2 Å². The van der Waals surface area contributed by atoms with Gasteiger partial charge in [-0.05, 0) is 48.4 Å². The molecule has 0 unspecified atom stereocenters. The van der Waals surface area contributed by atoms with Gasteiger partial charge in [-0.1, -0.05) is 60.7 Å². The van der Waals surface area contributed by atoms with E-state index >= 15 is 0 Å². The quantitative estimate of drug-likeness (QED) is 0.535. The molecule has 3 aromatic rings. The molecule has 0 saturated carbocycles. The Bertz CT molecular complexity index is 871. The summed E-state index contributed by atoms with van der Waals surface area (Å²) in [6, 6.07) is 27.4. The average Bonchev–Trinajstić information content (AvgIpc) is 2.73. The highest BCUT2D eigenvalue weighted by Crippen LogP contribution is 2.18. The summed E-state index contributed by atoms with van der Waals surface area (Å²) in [5.74, 6) is 0.773. The molecule has 136 valence electrons. The molecule has 3 aromatic carbocycles. The predicted octanol–water partition coefficient (Wildman–Crippen LogP) is 5.33. The SMILES string of the molecule is CCOc1ccc(/C=C/C(=O)N(Cc2ccccc2)c2ccccc2)cc1. The van der Waals surface area contributed by atoms with Crippen molar-refractivity contribution in [3.63, 3.8) is 0 Å². The molecule has 0 atom stereocenters. The molecule has 0 bridgehead atoms. The van der Waals surface area contributed by atoms with E-state index in [2.05, 4.69) is 0 Å². The van der Waals surface area contributed by atoms with Gasteiger partial charge in [-0.3, -0.25) is 4.79 Å². The van der Waals surface area contributed by atoms with E-state index in [0.717, 1.165) is 22.6 Å². The third-order valence-electron chi connectivity index (χ3n) is 4.13. The zero-order valence-electron chi connectivity index (χ0n) is 15.4. The molecule has 0 spiro atoms. The first-order chi connectivity index (χ1) is 13.3. The smallest absolute Gasteiger partial charge is 0.251 e. The van der Waals surface area contributed by atoms with Gasteiger partial charge in [0.1, 0.15) is 5.75 Å². The fourth-order valence-corrected chi connectivity index (χ4v) is 2.77. The van der Waals surface area contributed by atoms with Gasteiger partial charge in [-0.25, -0.2) is 0 Å². The van der Waals surface area contributed by atoms with E-state index in [0.29, 0.717) is 13.2 Å². The second-order valence-electron chi connectivity index (χ2n) is 6.08. The molecule has 0 aliphatic carbocycles. The van der Waals surface area contributed by atoms with Crippen LogP contribution in [0.3, 0.4) is 0 Å². The maximum Gasteiger partial charge on any atom is 0.251 e. The zero-order valence-corrected chi connectivity index (χ0v) is 15.4. The minimum atomic E-state index is -0.0565. The molecule has 0 aromatic heterocycles. The van der Waals surface area contributed by atoms with Crippen LogP contribution in [0.4, 0.5) is 5.69 Å². The fourth-order valence-electron chi connectivity index (χ4n) is 2.77. The number of nitrogens with zero attached hydrogens (tertiary/aromatic N) is 1. The largest absolute Gasteiger partial charge is 0.494 e. The first kappa shape index (κ1) is 18.5. The Morgan fingerprint density at radius 2 is 1.52 bits per heavy atom. The second kappa shape index (κ2) is 9.39. The molecule has 0 N–H and O–H groups in total. The van der Waals surface area contributed by atoms with E-state index in [9.17, 15) is 4.79 Å². The van der Waals surface area contributed by atoms with Gasteiger partial charge in [0.25, 0.3) is 5.91 Å². The third-order valence-corrected chi connectivity index (χ3v) is 4.13. The van der Waals surface area contributed by atoms with Crippen molar-refractivity contribution in [2.75, 3.05) is 11.5 Å². The van der Waals surface area contributed by atoms with Crippen molar-refractivity contribution < 1.29 is 9.53 Å². The lowest BCUT2D eigenvalue weighted by atomic mass is 10.1. The lowest BCUT2D eigenvalue weighted by Gasteiger charge is -2.21. The lowest BCUT2D eigenvalue weighted by Crippen LogP contribution is -2.28. The highest BCUT2D eigenvalue weighted by atomic mass is 16.5. The molecule has 0 radical (unpaired) electrons. The summed E-state index contributed by atoms with van der Waals surface area (Å²) in [6.07, 6.45) is 3.45. The van der Waals surface area contributed by atoms with Crippen LogP contribution in [0.2, 0.25) is 0 Å². The molecule has 0 heterocycles. The molecular formula is C24H23NO2. The first-order valence-corrected chi connectivity index (χ1v) is 9.07. The number of hydrogen-bond donors (Lipinski definition) is 0. The Hall–Kier alpha value is -3.33. The van der Waals surface area contributed by atoms with Crippen LogP contribution in [0, 0.1) is 0 Å². The Labute approximate surface area is 160 Å². The average molecular weight is 357 g/mol. The number of benzene rings is 3. The maximum absolute atomic E-state index is 12.9. The summed E-state index contributed by atoms with van der Waals surface area (Å²) in [4.78, 5) is 14.7. The molecule has 0 aliphatic heterocycles. The normalized spacial score (nSPS) is 10.7. The van der Waals surface area contributed by atoms with Gasteiger partial charge in [0.2, 0.25) is 0 Å². The number of carbonyl (C=O) groups excluding carboxylic acids is 1. The third kappa shape index (κ3) is 5.32. The Morgan fingerprint density at radius 3 is 2.15 bits per heavy atom. The highest BCUT2D eigenvalue weighted by molar-refractivity contribution is 6.03. The number of para-hydroxylation sites is 1. The summed E-state index contributed by atoms with van der Waals surface area (Å²) in [5.41, 5.74) is 2.92. The van der Waals surface area contributed by atoms with Crippen molar-refractivity contribution in [3.8, 4) is 5.75 Å². The summed E-state index contributed by atoms with van der Waals surface area (Å²) >= 11 is 0. The van der Waals surface area contributed by atoms with E-state index in [1.165, 1.54) is 0 Å². The monoisotopic (exact) mass is 357 g/mol. The van der Waals surface area contributed by atoms with E-state index in [4.69, 9.17) is 4.74 Å². The van der Waals surface area contributed by atoms with Crippen LogP contribution in [0.5, 0.6) is 5.75 Å². The second-order valence-corrected chi connectivity index (χ2v) is 6.08. The molecule has 3 heteroatoms. The van der Waals surface area contributed by atoms with Crippen LogP contribution in [0.15, 0.2) is 91.0 Å². The van der Waals surface area contributed by atoms with Crippen LogP contribution in [0.25, 0.3) is 6.08 Å². The van der Waals surface area contributed by atoms with Gasteiger partial charge in [-0.15, -0.1) is 0 Å². The zero-order chi connectivity index (χ0) is 18.9. The van der Waals surface area contributed by atoms with Gasteiger partial charge in [0, 0.05) is 11.8 Å². The van der Waals surface area contributed by atoms with Crippen LogP contribution in [0.1, 0.15) is 18.1 Å². The predicted molar refractivity (Wildman–Crippen MR) is 111 cm³/mol. The van der Waals surface area contributed by atoms with Crippen LogP contribution >= 0.6 is 0 Å². The summed E-state index contributed by atoms with van der Waals surface area (Å²) in [7, 11) is 0. The highest BCUT2D eigenvalue weighted by Gasteiger charge is 2.13. The summed E-state index contributed by atoms with van der Waals surface area (Å²) in [5, 5.41) is 0. The number of hydrogen-bond acceptors (Lipinski definition) is 2. The number of amides is 1. The van der Waals surface area contributed by atoms with Gasteiger partial charge >= 0.3 is 0 Å². The Kier molecular flexibility index (Phi) is 6.42. The number of ether oxygens (including phenoxy) is 1. The molecule has 27 heavy (non-hydrogen) atoms. The van der Waals surface area contributed by atoms with Crippen molar-refractivity contribution in [2.45, 2.75) is 13.5 Å². The van der Waals surface area contributed by atoms with E-state index in [1.807, 2.05) is 97.9 Å². The number of rotatable bonds is 7. The van der Waals surface area contributed by atoms with Crippen molar-refractivity contribution in [1.82, 2.24) is 0 Å². The maximum atomic E-state index is 12.9. The Balaban J connectivity index is 1.78. The summed E-state index contributed by atoms with van der Waals surface area (Å²) < 4.78 is 5.45. The summed E-state index contributed by atoms with van der Waals surface area (Å²) in [6.45, 7) is 3.12. The lowest BCUT2D eigenvalue weighted by molar-refractivity contribution is -0.114. The van der Waals surface area contributed by atoms with Crippen LogP contribution < -0.4 is 9.64 Å². The van der Waals surface area contributed by atoms with Crippen molar-refractivity contribution >= 4 is 17.7 Å². The van der Waals surface area contributed by atoms with Crippen LogP contribution in [-0.2, 0) is 11.3 Å².